The molecule has 94 valence electrons. The number of alkyl halides is 3. The van der Waals surface area contributed by atoms with Crippen molar-refractivity contribution in [3.05, 3.63) is 40.5 Å². The summed E-state index contributed by atoms with van der Waals surface area (Å²) in [6.07, 6.45) is -3.50. The molecule has 0 unspecified atom stereocenters. The van der Waals surface area contributed by atoms with Crippen molar-refractivity contribution in [2.75, 3.05) is 0 Å². The Morgan fingerprint density at radius 2 is 2.00 bits per heavy atom. The van der Waals surface area contributed by atoms with Gasteiger partial charge in [-0.25, -0.2) is 4.79 Å². The van der Waals surface area contributed by atoms with Crippen LogP contribution in [-0.2, 0) is 6.18 Å². The summed E-state index contributed by atoms with van der Waals surface area (Å²) in [7, 11) is 0. The zero-order valence-electron chi connectivity index (χ0n) is 8.62. The Balaban J connectivity index is 2.75. The summed E-state index contributed by atoms with van der Waals surface area (Å²) in [6, 6.07) is 2.80. The van der Waals surface area contributed by atoms with E-state index in [-0.39, 0.29) is 21.5 Å². The largest absolute Gasteiger partial charge is 0.478 e. The molecular weight excluding hydrogens is 271 g/mol. The van der Waals surface area contributed by atoms with E-state index in [4.69, 9.17) is 16.7 Å². The van der Waals surface area contributed by atoms with Crippen molar-refractivity contribution < 1.29 is 23.1 Å². The SMILES string of the molecule is O=C(O)c1cnc2ccc(C(F)(F)F)cc2c1Cl. The van der Waals surface area contributed by atoms with E-state index in [1.54, 1.807) is 0 Å². The number of hydrogen-bond acceptors (Lipinski definition) is 2. The minimum atomic E-state index is -4.52. The van der Waals surface area contributed by atoms with Gasteiger partial charge < -0.3 is 5.11 Å². The maximum Gasteiger partial charge on any atom is 0.416 e. The maximum atomic E-state index is 12.5. The van der Waals surface area contributed by atoms with Crippen LogP contribution in [0, 0.1) is 0 Å². The van der Waals surface area contributed by atoms with Crippen molar-refractivity contribution in [1.82, 2.24) is 4.98 Å². The van der Waals surface area contributed by atoms with Gasteiger partial charge in [-0.3, -0.25) is 4.98 Å². The van der Waals surface area contributed by atoms with Gasteiger partial charge in [-0.1, -0.05) is 11.6 Å². The van der Waals surface area contributed by atoms with Crippen LogP contribution in [0.4, 0.5) is 13.2 Å². The van der Waals surface area contributed by atoms with E-state index in [0.717, 1.165) is 24.4 Å². The third-order valence-electron chi connectivity index (χ3n) is 2.36. The van der Waals surface area contributed by atoms with Crippen molar-refractivity contribution in [1.29, 1.82) is 0 Å². The fourth-order valence-electron chi connectivity index (χ4n) is 1.49. The van der Waals surface area contributed by atoms with Gasteiger partial charge in [0.2, 0.25) is 0 Å². The third-order valence-corrected chi connectivity index (χ3v) is 2.77. The third kappa shape index (κ3) is 2.11. The minimum Gasteiger partial charge on any atom is -0.478 e. The fourth-order valence-corrected chi connectivity index (χ4v) is 1.77. The number of rotatable bonds is 1. The van der Waals surface area contributed by atoms with Crippen LogP contribution in [0.15, 0.2) is 24.4 Å². The summed E-state index contributed by atoms with van der Waals surface area (Å²) in [4.78, 5) is 14.6. The second-order valence-electron chi connectivity index (χ2n) is 3.52. The minimum absolute atomic E-state index is 0.0357. The lowest BCUT2D eigenvalue weighted by Gasteiger charge is -2.09. The Hall–Kier alpha value is -1.82. The van der Waals surface area contributed by atoms with Crippen LogP contribution in [0.25, 0.3) is 10.9 Å². The Morgan fingerprint density at radius 1 is 1.33 bits per heavy atom. The van der Waals surface area contributed by atoms with E-state index < -0.39 is 17.7 Å². The average molecular weight is 276 g/mol. The predicted octanol–water partition coefficient (Wildman–Crippen LogP) is 3.61. The van der Waals surface area contributed by atoms with Crippen LogP contribution in [0.3, 0.4) is 0 Å². The van der Waals surface area contributed by atoms with Crippen LogP contribution in [0.2, 0.25) is 5.02 Å². The lowest BCUT2D eigenvalue weighted by atomic mass is 10.1. The molecule has 0 atom stereocenters. The molecule has 1 heterocycles. The zero-order valence-corrected chi connectivity index (χ0v) is 9.38. The smallest absolute Gasteiger partial charge is 0.416 e. The number of carbonyl (C=O) groups is 1. The first-order valence-corrected chi connectivity index (χ1v) is 5.07. The molecule has 1 N–H and O–H groups in total. The van der Waals surface area contributed by atoms with E-state index in [9.17, 15) is 18.0 Å². The second kappa shape index (κ2) is 4.13. The summed E-state index contributed by atoms with van der Waals surface area (Å²) < 4.78 is 37.6. The number of benzene rings is 1. The average Bonchev–Trinajstić information content (AvgIpc) is 2.27. The van der Waals surface area contributed by atoms with Crippen molar-refractivity contribution in [2.45, 2.75) is 6.18 Å². The number of nitrogens with zero attached hydrogens (tertiary/aromatic N) is 1. The molecule has 7 heteroatoms. The monoisotopic (exact) mass is 275 g/mol. The van der Waals surface area contributed by atoms with E-state index in [1.165, 1.54) is 0 Å². The van der Waals surface area contributed by atoms with Crippen LogP contribution in [-0.4, -0.2) is 16.1 Å². The molecule has 0 aliphatic carbocycles. The summed E-state index contributed by atoms with van der Waals surface area (Å²) in [5, 5.41) is 8.52. The maximum absolute atomic E-state index is 12.5. The molecule has 0 aliphatic heterocycles. The van der Waals surface area contributed by atoms with E-state index in [2.05, 4.69) is 4.98 Å². The van der Waals surface area contributed by atoms with Crippen molar-refractivity contribution in [3.8, 4) is 0 Å². The number of fused-ring (bicyclic) bond motifs is 1. The molecule has 2 rings (SSSR count). The molecule has 0 fully saturated rings. The van der Waals surface area contributed by atoms with Crippen LogP contribution >= 0.6 is 11.6 Å². The van der Waals surface area contributed by atoms with Crippen molar-refractivity contribution in [3.63, 3.8) is 0 Å². The first-order valence-electron chi connectivity index (χ1n) is 4.69. The lowest BCUT2D eigenvalue weighted by molar-refractivity contribution is -0.137. The van der Waals surface area contributed by atoms with Crippen LogP contribution < -0.4 is 0 Å². The standard InChI is InChI=1S/C11H5ClF3NO2/c12-9-6-3-5(11(13,14)15)1-2-8(6)16-4-7(9)10(17)18/h1-4H,(H,17,18). The van der Waals surface area contributed by atoms with Gasteiger partial charge in [0, 0.05) is 11.6 Å². The topological polar surface area (TPSA) is 50.2 Å². The van der Waals surface area contributed by atoms with Crippen molar-refractivity contribution in [2.24, 2.45) is 0 Å². The molecule has 0 spiro atoms. The highest BCUT2D eigenvalue weighted by molar-refractivity contribution is 6.38. The molecule has 18 heavy (non-hydrogen) atoms. The molecular formula is C11H5ClF3NO2. The number of halogens is 4. The van der Waals surface area contributed by atoms with Gasteiger partial charge in [-0.2, -0.15) is 13.2 Å². The number of carboxylic acids is 1. The highest BCUT2D eigenvalue weighted by Crippen LogP contribution is 2.33. The van der Waals surface area contributed by atoms with Gasteiger partial charge in [0.05, 0.1) is 21.7 Å². The number of carboxylic acid groups (broad SMARTS) is 1. The van der Waals surface area contributed by atoms with E-state index in [0.29, 0.717) is 0 Å². The molecule has 0 radical (unpaired) electrons. The second-order valence-corrected chi connectivity index (χ2v) is 3.90. The number of aromatic carboxylic acids is 1. The van der Waals surface area contributed by atoms with E-state index >= 15 is 0 Å². The molecule has 0 saturated heterocycles. The first-order chi connectivity index (χ1) is 8.30. The summed E-state index contributed by atoms with van der Waals surface area (Å²) in [5.74, 6) is -1.34. The van der Waals surface area contributed by atoms with Crippen molar-refractivity contribution >= 4 is 28.5 Å². The highest BCUT2D eigenvalue weighted by atomic mass is 35.5. The lowest BCUT2D eigenvalue weighted by Crippen LogP contribution is -2.05. The van der Waals surface area contributed by atoms with Crippen LogP contribution in [0.1, 0.15) is 15.9 Å². The first kappa shape index (κ1) is 12.6. The molecule has 0 bridgehead atoms. The van der Waals surface area contributed by atoms with Gasteiger partial charge in [0.1, 0.15) is 0 Å². The number of aromatic nitrogens is 1. The highest BCUT2D eigenvalue weighted by Gasteiger charge is 2.31. The molecule has 0 saturated carbocycles. The molecule has 3 nitrogen and oxygen atoms in total. The summed E-state index contributed by atoms with van der Waals surface area (Å²) in [5.41, 5.74) is -1.03. The molecule has 2 aromatic rings. The molecule has 1 aromatic carbocycles. The Kier molecular flexibility index (Phi) is 2.90. The van der Waals surface area contributed by atoms with Gasteiger partial charge in [0.15, 0.2) is 0 Å². The van der Waals surface area contributed by atoms with Gasteiger partial charge in [-0.05, 0) is 18.2 Å². The summed E-state index contributed by atoms with van der Waals surface area (Å²) >= 11 is 5.77. The molecule has 0 aliphatic rings. The van der Waals surface area contributed by atoms with Gasteiger partial charge in [-0.15, -0.1) is 0 Å². The molecule has 0 amide bonds. The molecule has 1 aromatic heterocycles. The predicted molar refractivity (Wildman–Crippen MR) is 58.7 cm³/mol. The number of hydrogen-bond donors (Lipinski definition) is 1. The van der Waals surface area contributed by atoms with Gasteiger partial charge >= 0.3 is 12.1 Å². The quantitative estimate of drug-likeness (QED) is 0.865. The fraction of sp³-hybridized carbons (Fsp3) is 0.0909. The number of pyridine rings is 1. The summed E-state index contributed by atoms with van der Waals surface area (Å²) in [6.45, 7) is 0. The normalized spacial score (nSPS) is 11.8. The van der Waals surface area contributed by atoms with E-state index in [1.807, 2.05) is 0 Å². The Labute approximate surface area is 104 Å². The van der Waals surface area contributed by atoms with Crippen LogP contribution in [0.5, 0.6) is 0 Å². The zero-order chi connectivity index (χ0) is 13.5. The Morgan fingerprint density at radius 3 is 2.56 bits per heavy atom. The Bertz CT molecular complexity index is 640. The van der Waals surface area contributed by atoms with Gasteiger partial charge in [0.25, 0.3) is 0 Å².